The SMILES string of the molecule is CO[C@@H]1[C@H](OC(=O)N2CC[C@@H](OCC(=O)[O-])C2)CC[C@]2(CO2)[C@H]1[C@@]1(C)O[C@@H]1CC=C(C)C.[Na+]. The zero-order valence-electron chi connectivity index (χ0n) is 20.3. The number of carboxylic acid groups (broad SMARTS) is 1. The Hall–Kier alpha value is -0.680. The van der Waals surface area contributed by atoms with Gasteiger partial charge in [-0.15, -0.1) is 0 Å². The van der Waals surface area contributed by atoms with Crippen LogP contribution in [0.2, 0.25) is 0 Å². The van der Waals surface area contributed by atoms with E-state index in [1.165, 1.54) is 5.57 Å². The summed E-state index contributed by atoms with van der Waals surface area (Å²) in [6.07, 6.45) is 3.66. The molecule has 3 aliphatic heterocycles. The molecule has 0 aromatic carbocycles. The maximum atomic E-state index is 12.8. The second kappa shape index (κ2) is 10.5. The minimum atomic E-state index is -1.27. The number of carboxylic acids is 1. The summed E-state index contributed by atoms with van der Waals surface area (Å²) in [4.78, 5) is 25.0. The molecule has 0 aromatic rings. The van der Waals surface area contributed by atoms with E-state index in [0.717, 1.165) is 12.8 Å². The number of carbonyl (C=O) groups excluding carboxylic acids is 2. The molecule has 0 unspecified atom stereocenters. The molecule has 7 atom stereocenters. The number of hydrogen-bond acceptors (Lipinski definition) is 8. The van der Waals surface area contributed by atoms with E-state index >= 15 is 0 Å². The van der Waals surface area contributed by atoms with Gasteiger partial charge >= 0.3 is 35.7 Å². The van der Waals surface area contributed by atoms with E-state index in [4.69, 9.17) is 23.7 Å². The zero-order valence-corrected chi connectivity index (χ0v) is 22.3. The van der Waals surface area contributed by atoms with E-state index in [1.807, 2.05) is 0 Å². The number of carbonyl (C=O) groups is 2. The van der Waals surface area contributed by atoms with Crippen LogP contribution in [0.25, 0.3) is 0 Å². The van der Waals surface area contributed by atoms with Gasteiger partial charge in [-0.2, -0.15) is 0 Å². The predicted molar refractivity (Wildman–Crippen MR) is 111 cm³/mol. The molecule has 3 saturated heterocycles. The Bertz CT molecular complexity index is 768. The molecular weight excluding hydrogens is 441 g/mol. The molecule has 9 nitrogen and oxygen atoms in total. The molecule has 3 heterocycles. The van der Waals surface area contributed by atoms with Gasteiger partial charge in [0.15, 0.2) is 0 Å². The topological polar surface area (TPSA) is 113 Å². The fourth-order valence-electron chi connectivity index (χ4n) is 5.49. The van der Waals surface area contributed by atoms with Gasteiger partial charge < -0.3 is 38.5 Å². The number of methoxy groups -OCH3 is 1. The summed E-state index contributed by atoms with van der Waals surface area (Å²) in [6.45, 7) is 7.23. The minimum Gasteiger partial charge on any atom is -0.548 e. The summed E-state index contributed by atoms with van der Waals surface area (Å²) in [5.74, 6) is -1.29. The van der Waals surface area contributed by atoms with Crippen molar-refractivity contribution in [2.75, 3.05) is 33.4 Å². The average Bonchev–Trinajstić information content (AvgIpc) is 3.59. The second-order valence-electron chi connectivity index (χ2n) is 9.84. The van der Waals surface area contributed by atoms with Crippen molar-refractivity contribution >= 4 is 12.1 Å². The second-order valence-corrected chi connectivity index (χ2v) is 9.84. The van der Waals surface area contributed by atoms with E-state index in [9.17, 15) is 14.7 Å². The third-order valence-electron chi connectivity index (χ3n) is 7.33. The first-order chi connectivity index (χ1) is 15.2. The summed E-state index contributed by atoms with van der Waals surface area (Å²) in [5, 5.41) is 10.6. The number of amides is 1. The van der Waals surface area contributed by atoms with Gasteiger partial charge in [-0.3, -0.25) is 0 Å². The van der Waals surface area contributed by atoms with Crippen molar-refractivity contribution in [1.29, 1.82) is 0 Å². The molecule has 1 saturated carbocycles. The number of ether oxygens (including phenoxy) is 5. The Kier molecular flexibility index (Phi) is 8.58. The Balaban J connectivity index is 0.00000306. The maximum absolute atomic E-state index is 12.8. The van der Waals surface area contributed by atoms with Gasteiger partial charge in [0.05, 0.1) is 43.9 Å². The first-order valence-electron chi connectivity index (χ1n) is 11.4. The normalized spacial score (nSPS) is 39.0. The van der Waals surface area contributed by atoms with E-state index in [0.29, 0.717) is 32.5 Å². The van der Waals surface area contributed by atoms with E-state index in [-0.39, 0.29) is 65.0 Å². The summed E-state index contributed by atoms with van der Waals surface area (Å²) < 4.78 is 29.2. The van der Waals surface area contributed by atoms with E-state index in [1.54, 1.807) is 12.0 Å². The van der Waals surface area contributed by atoms with Crippen LogP contribution in [0.15, 0.2) is 11.6 Å². The van der Waals surface area contributed by atoms with Crippen LogP contribution >= 0.6 is 0 Å². The van der Waals surface area contributed by atoms with Crippen molar-refractivity contribution in [3.8, 4) is 0 Å². The van der Waals surface area contributed by atoms with Crippen molar-refractivity contribution in [3.63, 3.8) is 0 Å². The number of likely N-dealkylation sites (tertiary alicyclic amines) is 1. The molecule has 1 amide bonds. The third-order valence-corrected chi connectivity index (χ3v) is 7.33. The number of nitrogens with zero attached hydrogens (tertiary/aromatic N) is 1. The summed E-state index contributed by atoms with van der Waals surface area (Å²) in [6, 6.07) is 0. The van der Waals surface area contributed by atoms with Crippen LogP contribution < -0.4 is 34.7 Å². The van der Waals surface area contributed by atoms with Crippen LogP contribution in [0.4, 0.5) is 4.79 Å². The maximum Gasteiger partial charge on any atom is 1.00 e. The van der Waals surface area contributed by atoms with E-state index < -0.39 is 24.8 Å². The van der Waals surface area contributed by atoms with Crippen molar-refractivity contribution in [2.45, 2.75) is 82.1 Å². The largest absolute Gasteiger partial charge is 1.00 e. The average molecular weight is 476 g/mol. The number of epoxide rings is 2. The molecule has 4 aliphatic rings. The standard InChI is InChI=1S/C23H35NO8.Na/c1-14(2)5-6-17-22(3,32-17)20-19(28-4)16(7-9-23(20)13-30-23)31-21(27)24-10-8-15(11-24)29-12-18(25)26;/h5,15-17,19-20H,6-13H2,1-4H3,(H,25,26);/q;+1/p-1/t15-,16-,17-,19-,20-,22+,23+;/m1./s1. The van der Waals surface area contributed by atoms with Crippen LogP contribution in [0.1, 0.15) is 46.5 Å². The number of hydrogen-bond donors (Lipinski definition) is 0. The molecule has 0 N–H and O–H groups in total. The quantitative estimate of drug-likeness (QED) is 0.226. The van der Waals surface area contributed by atoms with Gasteiger partial charge in [-0.05, 0) is 46.5 Å². The van der Waals surface area contributed by atoms with E-state index in [2.05, 4.69) is 26.8 Å². The molecule has 1 aliphatic carbocycles. The first-order valence-corrected chi connectivity index (χ1v) is 11.4. The number of allylic oxidation sites excluding steroid dienone is 1. The van der Waals surface area contributed by atoms with Gasteiger partial charge in [-0.25, -0.2) is 4.79 Å². The van der Waals surface area contributed by atoms with Gasteiger partial charge in [0, 0.05) is 13.7 Å². The van der Waals surface area contributed by atoms with Gasteiger partial charge in [-0.1, -0.05) is 11.6 Å². The Labute approximate surface area is 217 Å². The molecule has 10 heteroatoms. The monoisotopic (exact) mass is 475 g/mol. The predicted octanol–water partition coefficient (Wildman–Crippen LogP) is -1.96. The van der Waals surface area contributed by atoms with Gasteiger partial charge in [0.25, 0.3) is 0 Å². The summed E-state index contributed by atoms with van der Waals surface area (Å²) >= 11 is 0. The number of aliphatic carboxylic acids is 1. The molecule has 33 heavy (non-hydrogen) atoms. The van der Waals surface area contributed by atoms with Crippen molar-refractivity contribution in [1.82, 2.24) is 4.90 Å². The Morgan fingerprint density at radius 3 is 2.61 bits per heavy atom. The Morgan fingerprint density at radius 1 is 1.27 bits per heavy atom. The van der Waals surface area contributed by atoms with Gasteiger partial charge in [0.2, 0.25) is 0 Å². The molecule has 0 radical (unpaired) electrons. The van der Waals surface area contributed by atoms with Crippen LogP contribution in [0.3, 0.4) is 0 Å². The fourth-order valence-corrected chi connectivity index (χ4v) is 5.49. The molecule has 4 fully saturated rings. The van der Waals surface area contributed by atoms with Crippen molar-refractivity contribution in [3.05, 3.63) is 11.6 Å². The van der Waals surface area contributed by atoms with Crippen LogP contribution in [0, 0.1) is 5.92 Å². The zero-order chi connectivity index (χ0) is 23.1. The number of rotatable bonds is 8. The smallest absolute Gasteiger partial charge is 0.548 e. The van der Waals surface area contributed by atoms with Crippen molar-refractivity contribution < 1.29 is 67.9 Å². The van der Waals surface area contributed by atoms with Crippen molar-refractivity contribution in [2.24, 2.45) is 5.92 Å². The Morgan fingerprint density at radius 2 is 2.00 bits per heavy atom. The molecule has 4 rings (SSSR count). The molecule has 0 aromatic heterocycles. The summed E-state index contributed by atoms with van der Waals surface area (Å²) in [7, 11) is 1.65. The first kappa shape index (κ1) is 26.9. The molecule has 180 valence electrons. The van der Waals surface area contributed by atoms with Crippen LogP contribution in [-0.2, 0) is 28.5 Å². The minimum absolute atomic E-state index is 0. The van der Waals surface area contributed by atoms with Crippen LogP contribution in [0.5, 0.6) is 0 Å². The summed E-state index contributed by atoms with van der Waals surface area (Å²) in [5.41, 5.74) is 0.604. The third kappa shape index (κ3) is 5.77. The van der Waals surface area contributed by atoms with Gasteiger partial charge in [0.1, 0.15) is 23.4 Å². The fraction of sp³-hybridized carbons (Fsp3) is 0.826. The van der Waals surface area contributed by atoms with Crippen LogP contribution in [-0.4, -0.2) is 86.0 Å². The molecule has 0 bridgehead atoms. The molecular formula is C23H34NNaO8. The molecule has 1 spiro atoms.